The standard InChI is InChI=1S/C17H24F2N2O2S/c1-24(22,23)21-8-5-13(6-9-21)14-4-7-20(11-14)12-15-2-3-16(18)10-17(15)19/h2-3,10,13-14H,4-9,11-12H2,1H3/t14-/m0/s1. The average molecular weight is 358 g/mol. The zero-order valence-corrected chi connectivity index (χ0v) is 14.7. The average Bonchev–Trinajstić information content (AvgIpc) is 2.98. The van der Waals surface area contributed by atoms with Crippen molar-refractivity contribution in [2.45, 2.75) is 25.8 Å². The minimum absolute atomic E-state index is 0.486. The van der Waals surface area contributed by atoms with Crippen LogP contribution in [0.15, 0.2) is 18.2 Å². The van der Waals surface area contributed by atoms with Gasteiger partial charge in [0.1, 0.15) is 11.6 Å². The van der Waals surface area contributed by atoms with Crippen LogP contribution in [0.1, 0.15) is 24.8 Å². The third kappa shape index (κ3) is 4.13. The van der Waals surface area contributed by atoms with E-state index in [0.29, 0.717) is 37.0 Å². The van der Waals surface area contributed by atoms with E-state index in [9.17, 15) is 17.2 Å². The van der Waals surface area contributed by atoms with Gasteiger partial charge in [-0.25, -0.2) is 21.5 Å². The van der Waals surface area contributed by atoms with Gasteiger partial charge in [-0.3, -0.25) is 4.90 Å². The SMILES string of the molecule is CS(=O)(=O)N1CCC([C@H]2CCN(Cc3ccc(F)cc3F)C2)CC1. The molecule has 0 spiro atoms. The van der Waals surface area contributed by atoms with Crippen LogP contribution in [-0.4, -0.2) is 50.1 Å². The maximum Gasteiger partial charge on any atom is 0.211 e. The van der Waals surface area contributed by atoms with E-state index < -0.39 is 21.7 Å². The molecule has 1 aromatic carbocycles. The predicted molar refractivity (Wildman–Crippen MR) is 88.9 cm³/mol. The molecule has 2 saturated heterocycles. The third-order valence-electron chi connectivity index (χ3n) is 5.35. The molecule has 2 heterocycles. The molecular formula is C17H24F2N2O2S. The minimum atomic E-state index is -3.08. The lowest BCUT2D eigenvalue weighted by Crippen LogP contribution is -2.39. The molecule has 0 amide bonds. The number of piperidine rings is 1. The van der Waals surface area contributed by atoms with Crippen LogP contribution in [0.4, 0.5) is 8.78 Å². The van der Waals surface area contributed by atoms with Crippen LogP contribution in [-0.2, 0) is 16.6 Å². The van der Waals surface area contributed by atoms with Crippen LogP contribution in [0.5, 0.6) is 0 Å². The van der Waals surface area contributed by atoms with Crippen molar-refractivity contribution in [3.8, 4) is 0 Å². The van der Waals surface area contributed by atoms with Gasteiger partial charge in [0.05, 0.1) is 6.26 Å². The first-order chi connectivity index (χ1) is 11.3. The molecule has 0 bridgehead atoms. The van der Waals surface area contributed by atoms with Gasteiger partial charge in [-0.2, -0.15) is 0 Å². The van der Waals surface area contributed by atoms with E-state index in [0.717, 1.165) is 38.4 Å². The molecule has 2 aliphatic rings. The number of benzene rings is 1. The first-order valence-electron chi connectivity index (χ1n) is 8.44. The number of hydrogen-bond donors (Lipinski definition) is 0. The summed E-state index contributed by atoms with van der Waals surface area (Å²) in [5.74, 6) is 0.0365. The van der Waals surface area contributed by atoms with E-state index in [1.807, 2.05) is 0 Å². The van der Waals surface area contributed by atoms with Crippen LogP contribution in [0.3, 0.4) is 0 Å². The highest BCUT2D eigenvalue weighted by Gasteiger charge is 2.33. The summed E-state index contributed by atoms with van der Waals surface area (Å²) in [4.78, 5) is 2.21. The number of nitrogens with zero attached hydrogens (tertiary/aromatic N) is 2. The number of likely N-dealkylation sites (tertiary alicyclic amines) is 1. The van der Waals surface area contributed by atoms with Gasteiger partial charge >= 0.3 is 0 Å². The Bertz CT molecular complexity index is 688. The van der Waals surface area contributed by atoms with E-state index in [1.165, 1.54) is 18.4 Å². The summed E-state index contributed by atoms with van der Waals surface area (Å²) in [6.07, 6.45) is 4.13. The van der Waals surface area contributed by atoms with Crippen LogP contribution >= 0.6 is 0 Å². The quantitative estimate of drug-likeness (QED) is 0.830. The molecule has 0 radical (unpaired) electrons. The number of sulfonamides is 1. The van der Waals surface area contributed by atoms with Gasteiger partial charge in [-0.1, -0.05) is 6.07 Å². The molecule has 0 aliphatic carbocycles. The zero-order chi connectivity index (χ0) is 17.3. The largest absolute Gasteiger partial charge is 0.299 e. The van der Waals surface area contributed by atoms with Crippen molar-refractivity contribution in [3.63, 3.8) is 0 Å². The summed E-state index contributed by atoms with van der Waals surface area (Å²) in [5, 5.41) is 0. The van der Waals surface area contributed by atoms with Gasteiger partial charge in [0.15, 0.2) is 0 Å². The lowest BCUT2D eigenvalue weighted by atomic mass is 9.84. The first kappa shape index (κ1) is 17.8. The highest BCUT2D eigenvalue weighted by Crippen LogP contribution is 2.33. The molecule has 1 atom stereocenters. The highest BCUT2D eigenvalue weighted by molar-refractivity contribution is 7.88. The summed E-state index contributed by atoms with van der Waals surface area (Å²) < 4.78 is 51.5. The van der Waals surface area contributed by atoms with Crippen molar-refractivity contribution < 1.29 is 17.2 Å². The number of rotatable bonds is 4. The van der Waals surface area contributed by atoms with E-state index in [-0.39, 0.29) is 0 Å². The van der Waals surface area contributed by atoms with E-state index in [2.05, 4.69) is 4.90 Å². The summed E-state index contributed by atoms with van der Waals surface area (Å²) in [5.41, 5.74) is 0.531. The van der Waals surface area contributed by atoms with Crippen LogP contribution in [0, 0.1) is 23.5 Å². The molecule has 2 aliphatic heterocycles. The second-order valence-electron chi connectivity index (χ2n) is 7.02. The number of halogens is 2. The Kier molecular flexibility index (Phi) is 5.22. The number of hydrogen-bond acceptors (Lipinski definition) is 3. The lowest BCUT2D eigenvalue weighted by Gasteiger charge is -2.33. The molecular weight excluding hydrogens is 334 g/mol. The third-order valence-corrected chi connectivity index (χ3v) is 6.66. The summed E-state index contributed by atoms with van der Waals surface area (Å²) in [6, 6.07) is 3.75. The Balaban J connectivity index is 1.53. The molecule has 3 rings (SSSR count). The van der Waals surface area contributed by atoms with Gasteiger partial charge in [-0.15, -0.1) is 0 Å². The Morgan fingerprint density at radius 2 is 1.75 bits per heavy atom. The van der Waals surface area contributed by atoms with Crippen LogP contribution < -0.4 is 0 Å². The van der Waals surface area contributed by atoms with Gasteiger partial charge < -0.3 is 0 Å². The normalized spacial score (nSPS) is 24.5. The Labute approximate surface area is 142 Å². The summed E-state index contributed by atoms with van der Waals surface area (Å²) in [7, 11) is -3.08. The van der Waals surface area contributed by atoms with Gasteiger partial charge in [-0.05, 0) is 43.7 Å². The fourth-order valence-corrected chi connectivity index (χ4v) is 4.83. The molecule has 24 heavy (non-hydrogen) atoms. The Morgan fingerprint density at radius 3 is 2.38 bits per heavy atom. The smallest absolute Gasteiger partial charge is 0.211 e. The Hall–Kier alpha value is -1.05. The maximum absolute atomic E-state index is 13.8. The van der Waals surface area contributed by atoms with Crippen molar-refractivity contribution in [2.24, 2.45) is 11.8 Å². The molecule has 7 heteroatoms. The van der Waals surface area contributed by atoms with Gasteiger partial charge in [0, 0.05) is 37.8 Å². The van der Waals surface area contributed by atoms with E-state index in [4.69, 9.17) is 0 Å². The van der Waals surface area contributed by atoms with Crippen molar-refractivity contribution in [3.05, 3.63) is 35.4 Å². The fraction of sp³-hybridized carbons (Fsp3) is 0.647. The Morgan fingerprint density at radius 1 is 1.08 bits per heavy atom. The van der Waals surface area contributed by atoms with Crippen molar-refractivity contribution in [1.82, 2.24) is 9.21 Å². The second-order valence-corrected chi connectivity index (χ2v) is 9.00. The lowest BCUT2D eigenvalue weighted by molar-refractivity contribution is 0.201. The topological polar surface area (TPSA) is 40.6 Å². The maximum atomic E-state index is 13.8. The summed E-state index contributed by atoms with van der Waals surface area (Å²) in [6.45, 7) is 3.53. The van der Waals surface area contributed by atoms with Crippen molar-refractivity contribution >= 4 is 10.0 Å². The van der Waals surface area contributed by atoms with Gasteiger partial charge in [0.2, 0.25) is 10.0 Å². The van der Waals surface area contributed by atoms with Crippen molar-refractivity contribution in [2.75, 3.05) is 32.4 Å². The van der Waals surface area contributed by atoms with E-state index in [1.54, 1.807) is 4.31 Å². The molecule has 4 nitrogen and oxygen atoms in total. The van der Waals surface area contributed by atoms with Crippen molar-refractivity contribution in [1.29, 1.82) is 0 Å². The fourth-order valence-electron chi connectivity index (χ4n) is 3.96. The van der Waals surface area contributed by atoms with Crippen LogP contribution in [0.25, 0.3) is 0 Å². The van der Waals surface area contributed by atoms with E-state index >= 15 is 0 Å². The highest BCUT2D eigenvalue weighted by atomic mass is 32.2. The molecule has 134 valence electrons. The molecule has 1 aromatic rings. The predicted octanol–water partition coefficient (Wildman–Crippen LogP) is 2.46. The molecule has 0 N–H and O–H groups in total. The first-order valence-corrected chi connectivity index (χ1v) is 10.3. The molecule has 2 fully saturated rings. The summed E-state index contributed by atoms with van der Waals surface area (Å²) >= 11 is 0. The van der Waals surface area contributed by atoms with Crippen LogP contribution in [0.2, 0.25) is 0 Å². The van der Waals surface area contributed by atoms with Gasteiger partial charge in [0.25, 0.3) is 0 Å². The monoisotopic (exact) mass is 358 g/mol. The molecule has 0 unspecified atom stereocenters. The second kappa shape index (κ2) is 7.06. The molecule has 0 aromatic heterocycles. The molecule has 0 saturated carbocycles. The minimum Gasteiger partial charge on any atom is -0.299 e. The zero-order valence-electron chi connectivity index (χ0n) is 13.9.